The standard InChI is InChI=1S/C26H22ClN3O4/c1-2-19(31)23-21(14-6-4-3-5-7-14)18-12-16(27)10-11-17(18)26(33)30(23)13-20-29-22(25(28)32)24(34-20)15-8-9-15/h3-7,10-12,15H,2,8-9,13H2,1H3,(H2,28,32). The summed E-state index contributed by atoms with van der Waals surface area (Å²) in [5.41, 5.74) is 6.88. The van der Waals surface area contributed by atoms with Crippen LogP contribution >= 0.6 is 11.6 Å². The Morgan fingerprint density at radius 3 is 2.53 bits per heavy atom. The van der Waals surface area contributed by atoms with Gasteiger partial charge in [-0.1, -0.05) is 48.9 Å². The van der Waals surface area contributed by atoms with E-state index in [1.54, 1.807) is 25.1 Å². The molecule has 1 amide bonds. The highest BCUT2D eigenvalue weighted by atomic mass is 35.5. The lowest BCUT2D eigenvalue weighted by Gasteiger charge is -2.18. The van der Waals surface area contributed by atoms with Gasteiger partial charge in [0.2, 0.25) is 5.89 Å². The van der Waals surface area contributed by atoms with Crippen molar-refractivity contribution in [1.29, 1.82) is 0 Å². The smallest absolute Gasteiger partial charge is 0.270 e. The van der Waals surface area contributed by atoms with Crippen molar-refractivity contribution in [3.05, 3.63) is 86.9 Å². The number of primary amides is 1. The molecule has 8 heteroatoms. The van der Waals surface area contributed by atoms with Crippen molar-refractivity contribution in [2.45, 2.75) is 38.6 Å². The van der Waals surface area contributed by atoms with Crippen molar-refractivity contribution < 1.29 is 14.0 Å². The molecule has 1 aliphatic rings. The van der Waals surface area contributed by atoms with E-state index in [0.29, 0.717) is 27.1 Å². The SMILES string of the molecule is CCC(=O)c1c(-c2ccccc2)c2cc(Cl)ccc2c(=O)n1Cc1nc(C(N)=O)c(C2CC2)o1. The number of pyridine rings is 1. The summed E-state index contributed by atoms with van der Waals surface area (Å²) in [6.45, 7) is 1.64. The summed E-state index contributed by atoms with van der Waals surface area (Å²) in [4.78, 5) is 43.1. The van der Waals surface area contributed by atoms with Crippen molar-refractivity contribution in [1.82, 2.24) is 9.55 Å². The molecule has 7 nitrogen and oxygen atoms in total. The number of ketones is 1. The monoisotopic (exact) mass is 475 g/mol. The number of carbonyl (C=O) groups is 2. The minimum atomic E-state index is -0.674. The molecule has 0 saturated heterocycles. The molecule has 34 heavy (non-hydrogen) atoms. The van der Waals surface area contributed by atoms with Crippen LogP contribution < -0.4 is 11.3 Å². The van der Waals surface area contributed by atoms with Gasteiger partial charge in [-0.15, -0.1) is 0 Å². The molecule has 1 fully saturated rings. The summed E-state index contributed by atoms with van der Waals surface area (Å²) in [7, 11) is 0. The normalized spacial score (nSPS) is 13.4. The summed E-state index contributed by atoms with van der Waals surface area (Å²) in [6.07, 6.45) is 1.98. The molecule has 5 rings (SSSR count). The van der Waals surface area contributed by atoms with Gasteiger partial charge in [-0.3, -0.25) is 19.0 Å². The van der Waals surface area contributed by atoms with E-state index < -0.39 is 5.91 Å². The van der Waals surface area contributed by atoms with Gasteiger partial charge < -0.3 is 10.2 Å². The quantitative estimate of drug-likeness (QED) is 0.381. The average molecular weight is 476 g/mol. The summed E-state index contributed by atoms with van der Waals surface area (Å²) in [5, 5.41) is 1.48. The van der Waals surface area contributed by atoms with Gasteiger partial charge in [-0.25, -0.2) is 4.98 Å². The fourth-order valence-electron chi connectivity index (χ4n) is 4.30. The first-order chi connectivity index (χ1) is 16.4. The fourth-order valence-corrected chi connectivity index (χ4v) is 4.48. The van der Waals surface area contributed by atoms with Gasteiger partial charge in [0.25, 0.3) is 11.5 Å². The van der Waals surface area contributed by atoms with Crippen LogP contribution in [0, 0.1) is 0 Å². The van der Waals surface area contributed by atoms with E-state index in [2.05, 4.69) is 4.98 Å². The topological polar surface area (TPSA) is 108 Å². The largest absolute Gasteiger partial charge is 0.443 e. The molecular weight excluding hydrogens is 454 g/mol. The van der Waals surface area contributed by atoms with Crippen LogP contribution in [0.4, 0.5) is 0 Å². The molecule has 0 radical (unpaired) electrons. The number of rotatable bonds is 7. The Labute approximate surface area is 200 Å². The number of benzene rings is 2. The highest BCUT2D eigenvalue weighted by Gasteiger charge is 2.33. The van der Waals surface area contributed by atoms with Gasteiger partial charge in [-0.05, 0) is 42.0 Å². The molecule has 1 saturated carbocycles. The third kappa shape index (κ3) is 3.82. The van der Waals surface area contributed by atoms with Crippen LogP contribution in [0.2, 0.25) is 5.02 Å². The average Bonchev–Trinajstić information content (AvgIpc) is 3.59. The predicted molar refractivity (Wildman–Crippen MR) is 129 cm³/mol. The van der Waals surface area contributed by atoms with Crippen LogP contribution in [-0.2, 0) is 6.54 Å². The lowest BCUT2D eigenvalue weighted by Crippen LogP contribution is -2.28. The predicted octanol–water partition coefficient (Wildman–Crippen LogP) is 4.93. The molecule has 2 heterocycles. The Morgan fingerprint density at radius 2 is 1.88 bits per heavy atom. The fraction of sp³-hybridized carbons (Fsp3) is 0.231. The first kappa shape index (κ1) is 22.1. The third-order valence-electron chi connectivity index (χ3n) is 6.05. The molecule has 0 aliphatic heterocycles. The molecule has 1 aliphatic carbocycles. The van der Waals surface area contributed by atoms with E-state index >= 15 is 0 Å². The molecule has 2 aromatic heterocycles. The molecule has 4 aromatic rings. The van der Waals surface area contributed by atoms with Crippen LogP contribution in [-0.4, -0.2) is 21.2 Å². The molecule has 0 bridgehead atoms. The number of halogens is 1. The molecule has 0 spiro atoms. The molecule has 172 valence electrons. The van der Waals surface area contributed by atoms with Crippen LogP contribution in [0.1, 0.15) is 64.7 Å². The summed E-state index contributed by atoms with van der Waals surface area (Å²) in [5.74, 6) is -0.157. The van der Waals surface area contributed by atoms with Gasteiger partial charge in [0.1, 0.15) is 12.3 Å². The number of hydrogen-bond acceptors (Lipinski definition) is 5. The lowest BCUT2D eigenvalue weighted by atomic mass is 9.94. The second-order valence-corrected chi connectivity index (χ2v) is 8.84. The van der Waals surface area contributed by atoms with E-state index in [1.807, 2.05) is 30.3 Å². The number of hydrogen-bond donors (Lipinski definition) is 1. The molecule has 2 aromatic carbocycles. The van der Waals surface area contributed by atoms with Crippen LogP contribution in [0.15, 0.2) is 57.7 Å². The van der Waals surface area contributed by atoms with Gasteiger partial charge in [-0.2, -0.15) is 0 Å². The van der Waals surface area contributed by atoms with Gasteiger partial charge in [0.05, 0.1) is 5.69 Å². The summed E-state index contributed by atoms with van der Waals surface area (Å²) >= 11 is 6.29. The Morgan fingerprint density at radius 1 is 1.15 bits per heavy atom. The Balaban J connectivity index is 1.80. The zero-order valence-corrected chi connectivity index (χ0v) is 19.3. The van der Waals surface area contributed by atoms with E-state index in [0.717, 1.165) is 18.4 Å². The maximum atomic E-state index is 13.6. The number of Topliss-reactive ketones (excluding diaryl/α,β-unsaturated/α-hetero) is 1. The Kier molecular flexibility index (Phi) is 5.57. The van der Waals surface area contributed by atoms with Crippen molar-refractivity contribution in [2.24, 2.45) is 5.73 Å². The maximum Gasteiger partial charge on any atom is 0.270 e. The minimum absolute atomic E-state index is 0.0878. The van der Waals surface area contributed by atoms with Gasteiger partial charge >= 0.3 is 0 Å². The van der Waals surface area contributed by atoms with Crippen LogP contribution in [0.25, 0.3) is 21.9 Å². The summed E-state index contributed by atoms with van der Waals surface area (Å²) in [6, 6.07) is 14.4. The molecule has 0 atom stereocenters. The van der Waals surface area contributed by atoms with E-state index in [1.165, 1.54) is 4.57 Å². The third-order valence-corrected chi connectivity index (χ3v) is 6.29. The van der Waals surface area contributed by atoms with Crippen LogP contribution in [0.5, 0.6) is 0 Å². The van der Waals surface area contributed by atoms with E-state index in [4.69, 9.17) is 21.8 Å². The Bertz CT molecular complexity index is 1500. The second-order valence-electron chi connectivity index (χ2n) is 8.41. The molecule has 0 unspecified atom stereocenters. The number of oxazole rings is 1. The zero-order chi connectivity index (χ0) is 24.0. The maximum absolute atomic E-state index is 13.6. The number of nitrogens with zero attached hydrogens (tertiary/aromatic N) is 2. The lowest BCUT2D eigenvalue weighted by molar-refractivity contribution is 0.0975. The number of fused-ring (bicyclic) bond motifs is 1. The van der Waals surface area contributed by atoms with Crippen molar-refractivity contribution in [2.75, 3.05) is 0 Å². The number of nitrogens with two attached hydrogens (primary N) is 1. The number of carbonyl (C=O) groups excluding carboxylic acids is 2. The van der Waals surface area contributed by atoms with Crippen molar-refractivity contribution >= 4 is 34.1 Å². The van der Waals surface area contributed by atoms with Gasteiger partial charge in [0.15, 0.2) is 11.5 Å². The first-order valence-electron chi connectivity index (χ1n) is 11.1. The highest BCUT2D eigenvalue weighted by molar-refractivity contribution is 6.31. The molecule has 2 N–H and O–H groups in total. The van der Waals surface area contributed by atoms with Crippen molar-refractivity contribution in [3.8, 4) is 11.1 Å². The van der Waals surface area contributed by atoms with E-state index in [9.17, 15) is 14.4 Å². The van der Waals surface area contributed by atoms with Crippen molar-refractivity contribution in [3.63, 3.8) is 0 Å². The molecular formula is C26H22ClN3O4. The highest BCUT2D eigenvalue weighted by Crippen LogP contribution is 2.42. The second kappa shape index (κ2) is 8.57. The zero-order valence-electron chi connectivity index (χ0n) is 18.5. The van der Waals surface area contributed by atoms with Crippen LogP contribution in [0.3, 0.4) is 0 Å². The number of amides is 1. The summed E-state index contributed by atoms with van der Waals surface area (Å²) < 4.78 is 7.29. The Hall–Kier alpha value is -3.71. The minimum Gasteiger partial charge on any atom is -0.443 e. The van der Waals surface area contributed by atoms with E-state index in [-0.39, 0.29) is 47.5 Å². The van der Waals surface area contributed by atoms with Gasteiger partial charge in [0, 0.05) is 28.3 Å². The first-order valence-corrected chi connectivity index (χ1v) is 11.5. The number of aromatic nitrogens is 2.